The number of hydrogen-bond donors (Lipinski definition) is 5. The summed E-state index contributed by atoms with van der Waals surface area (Å²) in [7, 11) is 1.45. The van der Waals surface area contributed by atoms with Crippen molar-refractivity contribution in [2.75, 3.05) is 20.2 Å². The van der Waals surface area contributed by atoms with E-state index in [9.17, 15) is 19.5 Å². The van der Waals surface area contributed by atoms with E-state index in [0.29, 0.717) is 37.4 Å². The number of amides is 2. The number of aryl methyl sites for hydroxylation is 2. The van der Waals surface area contributed by atoms with Gasteiger partial charge >= 0.3 is 30.9 Å². The normalized spacial score (nSPS) is 11.7. The number of aromatic amines is 1. The summed E-state index contributed by atoms with van der Waals surface area (Å²) >= 11 is 0. The second-order valence-electron chi connectivity index (χ2n) is 12.8. The fourth-order valence-corrected chi connectivity index (χ4v) is 5.81. The number of imidazole rings is 1. The molecule has 12 heteroatoms. The number of rotatable bonds is 14. The van der Waals surface area contributed by atoms with Crippen LogP contribution in [0, 0.1) is 13.8 Å². The molecule has 0 saturated heterocycles. The Bertz CT molecular complexity index is 1740. The number of methoxy groups -OCH3 is 1. The third-order valence-corrected chi connectivity index (χ3v) is 7.92. The van der Waals surface area contributed by atoms with Crippen LogP contribution in [0.25, 0.3) is 16.9 Å². The third-order valence-electron chi connectivity index (χ3n) is 7.92. The summed E-state index contributed by atoms with van der Waals surface area (Å²) in [5.41, 5.74) is 11.0. The zero-order chi connectivity index (χ0) is 35.0. The Morgan fingerprint density at radius 1 is 1.02 bits per heavy atom. The number of nitrogens with zero attached hydrogens (tertiary/aromatic N) is 1. The van der Waals surface area contributed by atoms with Crippen LogP contribution in [0.1, 0.15) is 82.8 Å². The van der Waals surface area contributed by atoms with Gasteiger partial charge in [-0.15, -0.1) is 0 Å². The number of benzene rings is 3. The van der Waals surface area contributed by atoms with Gasteiger partial charge in [0.2, 0.25) is 5.91 Å². The first kappa shape index (κ1) is 38.9. The van der Waals surface area contributed by atoms with E-state index in [-0.39, 0.29) is 30.3 Å². The summed E-state index contributed by atoms with van der Waals surface area (Å²) in [5, 5.41) is 15.9. The van der Waals surface area contributed by atoms with Crippen molar-refractivity contribution >= 4 is 18.0 Å². The molecule has 6 N–H and O–H groups in total. The van der Waals surface area contributed by atoms with Gasteiger partial charge in [-0.2, -0.15) is 4.57 Å². The molecule has 4 aromatic rings. The van der Waals surface area contributed by atoms with Crippen molar-refractivity contribution in [3.8, 4) is 22.7 Å². The number of primary amides is 1. The summed E-state index contributed by atoms with van der Waals surface area (Å²) in [6, 6.07) is 18.7. The number of carbonyl (C=O) groups is 3. The number of alkyl carbamates (subject to hydrolysis) is 1. The predicted molar refractivity (Wildman–Crippen MR) is 184 cm³/mol. The van der Waals surface area contributed by atoms with E-state index in [4.69, 9.17) is 15.2 Å². The first-order chi connectivity index (χ1) is 22.8. The number of hydrogen-bond acceptors (Lipinski definition) is 6. The zero-order valence-electron chi connectivity index (χ0n) is 29.5. The molecule has 3 aromatic carbocycles. The molecule has 0 saturated carbocycles. The van der Waals surface area contributed by atoms with Gasteiger partial charge in [0.1, 0.15) is 28.8 Å². The molecule has 0 unspecified atom stereocenters. The van der Waals surface area contributed by atoms with Crippen LogP contribution < -0.4 is 44.5 Å². The van der Waals surface area contributed by atoms with Crippen molar-refractivity contribution in [2.24, 2.45) is 5.73 Å². The Labute approximate surface area is 299 Å². The molecular weight excluding hydrogens is 617 g/mol. The van der Waals surface area contributed by atoms with Gasteiger partial charge in [0.05, 0.1) is 13.0 Å². The van der Waals surface area contributed by atoms with E-state index in [2.05, 4.69) is 20.2 Å². The van der Waals surface area contributed by atoms with Crippen LogP contribution in [-0.4, -0.2) is 53.9 Å². The number of aromatic nitrogens is 2. The number of H-pyrrole nitrogens is 1. The SMILES string of the molecule is COc1ccc(CNCCC[C@@H](CNC(=O)OC(C)(C)C)c2[nH]cc(-c3ccccc3)[n+]2-c2c(C)cc(C(N)=O)cc2C)cc1C(=O)O.[Li+]. The van der Waals surface area contributed by atoms with Gasteiger partial charge < -0.3 is 30.9 Å². The fraction of sp³-hybridized carbons (Fsp3) is 0.351. The number of ether oxygens (including phenoxy) is 2. The van der Waals surface area contributed by atoms with Gasteiger partial charge in [-0.05, 0) is 95.0 Å². The fourth-order valence-electron chi connectivity index (χ4n) is 5.81. The second-order valence-corrected chi connectivity index (χ2v) is 12.8. The Morgan fingerprint density at radius 3 is 2.29 bits per heavy atom. The van der Waals surface area contributed by atoms with Gasteiger partial charge in [-0.3, -0.25) is 4.79 Å². The quantitative estimate of drug-likeness (QED) is 0.0788. The molecule has 1 heterocycles. The van der Waals surface area contributed by atoms with Gasteiger partial charge in [-0.1, -0.05) is 36.4 Å². The van der Waals surface area contributed by atoms with E-state index in [1.165, 1.54) is 7.11 Å². The zero-order valence-corrected chi connectivity index (χ0v) is 29.5. The second kappa shape index (κ2) is 17.2. The van der Waals surface area contributed by atoms with E-state index in [0.717, 1.165) is 45.9 Å². The summed E-state index contributed by atoms with van der Waals surface area (Å²) < 4.78 is 12.9. The van der Waals surface area contributed by atoms with Crippen LogP contribution in [0.3, 0.4) is 0 Å². The summed E-state index contributed by atoms with van der Waals surface area (Å²) in [6.07, 6.45) is 2.91. The Balaban J connectivity index is 0.00000650. The molecule has 49 heavy (non-hydrogen) atoms. The molecule has 254 valence electrons. The van der Waals surface area contributed by atoms with Crippen molar-refractivity contribution in [2.45, 2.75) is 65.5 Å². The smallest absolute Gasteiger partial charge is 0.496 e. The number of carboxylic acids is 1. The first-order valence-corrected chi connectivity index (χ1v) is 16.0. The molecule has 4 rings (SSSR count). The van der Waals surface area contributed by atoms with Gasteiger partial charge in [0.25, 0.3) is 5.82 Å². The average molecular weight is 664 g/mol. The molecule has 0 spiro atoms. The molecule has 0 radical (unpaired) electrons. The maximum Gasteiger partial charge on any atom is 1.00 e. The monoisotopic (exact) mass is 663 g/mol. The molecule has 0 aliphatic heterocycles. The van der Waals surface area contributed by atoms with E-state index >= 15 is 0 Å². The van der Waals surface area contributed by atoms with Crippen molar-refractivity contribution in [3.63, 3.8) is 0 Å². The minimum absolute atomic E-state index is 0. The van der Waals surface area contributed by atoms with Crippen molar-refractivity contribution < 1.29 is 52.4 Å². The standard InChI is InChI=1S/C37H45N5O6.Li/c1-23-17-28(33(38)43)18-24(2)32(23)42-30(26-11-8-7-9-12-26)22-40-34(42)27(21-41-36(46)48-37(3,4)5)13-10-16-39-20-25-14-15-31(47-6)29(19-25)35(44)45;/h7-9,11-12,14-15,17-19,22,27,39H,10,13,16,20-21H2,1-6H3,(H4,38,41,43,44,45,46);/q;+1/p+1/t27-;/m0./s1. The van der Waals surface area contributed by atoms with Crippen molar-refractivity contribution in [1.29, 1.82) is 0 Å². The Hall–Kier alpha value is -4.56. The molecule has 2 amide bonds. The number of nitrogens with one attached hydrogen (secondary N) is 3. The average Bonchev–Trinajstić information content (AvgIpc) is 3.45. The summed E-state index contributed by atoms with van der Waals surface area (Å²) in [6.45, 7) is 10.8. The molecule has 0 bridgehead atoms. The molecule has 11 nitrogen and oxygen atoms in total. The molecular formula is C37H46LiN5O6+2. The minimum atomic E-state index is -1.04. The van der Waals surface area contributed by atoms with Gasteiger partial charge in [0, 0.05) is 24.2 Å². The van der Waals surface area contributed by atoms with Crippen LogP contribution in [0.4, 0.5) is 4.79 Å². The maximum absolute atomic E-state index is 12.8. The van der Waals surface area contributed by atoms with Crippen LogP contribution >= 0.6 is 0 Å². The van der Waals surface area contributed by atoms with Crippen LogP contribution in [0.15, 0.2) is 66.9 Å². The number of carbonyl (C=O) groups excluding carboxylic acids is 2. The minimum Gasteiger partial charge on any atom is -0.496 e. The van der Waals surface area contributed by atoms with E-state index in [1.807, 2.05) is 77.2 Å². The van der Waals surface area contributed by atoms with Crippen LogP contribution in [-0.2, 0) is 11.3 Å². The Kier molecular flexibility index (Phi) is 13.6. The number of nitrogens with two attached hydrogens (primary N) is 1. The Morgan fingerprint density at radius 2 is 1.69 bits per heavy atom. The van der Waals surface area contributed by atoms with Gasteiger partial charge in [0.15, 0.2) is 5.69 Å². The van der Waals surface area contributed by atoms with Crippen LogP contribution in [0.2, 0.25) is 0 Å². The molecule has 0 aliphatic rings. The summed E-state index contributed by atoms with van der Waals surface area (Å²) in [4.78, 5) is 40.0. The summed E-state index contributed by atoms with van der Waals surface area (Å²) in [5.74, 6) is -0.500. The van der Waals surface area contributed by atoms with Crippen LogP contribution in [0.5, 0.6) is 5.75 Å². The molecule has 1 aromatic heterocycles. The van der Waals surface area contributed by atoms with E-state index < -0.39 is 23.6 Å². The predicted octanol–water partition coefficient (Wildman–Crippen LogP) is 2.56. The molecule has 1 atom stereocenters. The molecule has 0 fully saturated rings. The number of aromatic carboxylic acids is 1. The van der Waals surface area contributed by atoms with Gasteiger partial charge in [-0.25, -0.2) is 14.6 Å². The number of carboxylic acid groups (broad SMARTS) is 1. The van der Waals surface area contributed by atoms with E-state index in [1.54, 1.807) is 24.3 Å². The largest absolute Gasteiger partial charge is 1.00 e. The van der Waals surface area contributed by atoms with Crippen molar-refractivity contribution in [3.05, 3.63) is 101 Å². The third kappa shape index (κ3) is 10.2. The molecule has 0 aliphatic carbocycles. The van der Waals surface area contributed by atoms with Crippen molar-refractivity contribution in [1.82, 2.24) is 15.6 Å². The maximum atomic E-state index is 12.8. The topological polar surface area (TPSA) is 160 Å². The first-order valence-electron chi connectivity index (χ1n) is 16.0.